The van der Waals surface area contributed by atoms with Gasteiger partial charge < -0.3 is 10.8 Å². The van der Waals surface area contributed by atoms with Crippen molar-refractivity contribution in [2.75, 3.05) is 12.3 Å². The smallest absolute Gasteiger partial charge is 0.303 e. The van der Waals surface area contributed by atoms with Gasteiger partial charge >= 0.3 is 5.97 Å². The molecule has 0 bridgehead atoms. The van der Waals surface area contributed by atoms with Gasteiger partial charge in [0.05, 0.1) is 4.91 Å². The number of nitrogens with two attached hydrogens (primary N) is 1. The molecule has 1 amide bonds. The van der Waals surface area contributed by atoms with Crippen molar-refractivity contribution < 1.29 is 14.7 Å². The highest BCUT2D eigenvalue weighted by Gasteiger charge is 2.31. The molecule has 8 heteroatoms. The predicted octanol–water partition coefficient (Wildman–Crippen LogP) is 1.73. The number of aromatic nitrogens is 1. The molecule has 0 radical (unpaired) electrons. The number of aliphatic carboxylic acids is 1. The first-order valence-corrected chi connectivity index (χ1v) is 7.39. The van der Waals surface area contributed by atoms with Crippen molar-refractivity contribution in [3.63, 3.8) is 0 Å². The third kappa shape index (κ3) is 3.79. The van der Waals surface area contributed by atoms with Crippen molar-refractivity contribution in [2.45, 2.75) is 12.8 Å². The summed E-state index contributed by atoms with van der Waals surface area (Å²) in [6, 6.07) is 3.50. The van der Waals surface area contributed by atoms with Crippen molar-refractivity contribution in [1.82, 2.24) is 9.88 Å². The van der Waals surface area contributed by atoms with Crippen LogP contribution < -0.4 is 5.73 Å². The van der Waals surface area contributed by atoms with Gasteiger partial charge in [-0.1, -0.05) is 24.0 Å². The first kappa shape index (κ1) is 15.5. The van der Waals surface area contributed by atoms with Crippen LogP contribution >= 0.6 is 24.0 Å². The van der Waals surface area contributed by atoms with Crippen molar-refractivity contribution in [2.24, 2.45) is 0 Å². The highest BCUT2D eigenvalue weighted by Crippen LogP contribution is 2.33. The Balaban J connectivity index is 2.11. The Labute approximate surface area is 131 Å². The molecule has 1 aliphatic heterocycles. The molecule has 2 heterocycles. The fourth-order valence-corrected chi connectivity index (χ4v) is 3.07. The standard InChI is InChI=1S/C13H13N3O3S2/c14-11-8(3-1-5-15-11)7-9-12(19)16(13(20)21-9)6-2-4-10(17)18/h1,3,5,7H,2,4,6H2,(H2,14,15)(H,17,18). The number of carboxylic acids is 1. The van der Waals surface area contributed by atoms with Gasteiger partial charge in [-0.15, -0.1) is 0 Å². The van der Waals surface area contributed by atoms with Crippen LogP contribution in [0.15, 0.2) is 23.2 Å². The summed E-state index contributed by atoms with van der Waals surface area (Å²) < 4.78 is 0.430. The number of anilines is 1. The lowest BCUT2D eigenvalue weighted by Crippen LogP contribution is -2.29. The quantitative estimate of drug-likeness (QED) is 0.629. The molecule has 0 aromatic carbocycles. The Bertz CT molecular complexity index is 631. The first-order valence-electron chi connectivity index (χ1n) is 6.16. The summed E-state index contributed by atoms with van der Waals surface area (Å²) >= 11 is 6.34. The van der Waals surface area contributed by atoms with Crippen molar-refractivity contribution in [1.29, 1.82) is 0 Å². The fraction of sp³-hybridized carbons (Fsp3) is 0.231. The van der Waals surface area contributed by atoms with Gasteiger partial charge in [-0.3, -0.25) is 14.5 Å². The summed E-state index contributed by atoms with van der Waals surface area (Å²) in [5.41, 5.74) is 6.39. The van der Waals surface area contributed by atoms with E-state index >= 15 is 0 Å². The number of amides is 1. The monoisotopic (exact) mass is 323 g/mol. The molecule has 0 aliphatic carbocycles. The first-order chi connectivity index (χ1) is 9.99. The van der Waals surface area contributed by atoms with Crippen LogP contribution in [0.3, 0.4) is 0 Å². The van der Waals surface area contributed by atoms with Gasteiger partial charge in [-0.25, -0.2) is 4.98 Å². The van der Waals surface area contributed by atoms with E-state index in [0.717, 1.165) is 0 Å². The van der Waals surface area contributed by atoms with Crippen molar-refractivity contribution >= 4 is 52.1 Å². The van der Waals surface area contributed by atoms with E-state index in [1.807, 2.05) is 0 Å². The van der Waals surface area contributed by atoms with E-state index in [1.165, 1.54) is 16.7 Å². The lowest BCUT2D eigenvalue weighted by atomic mass is 10.2. The van der Waals surface area contributed by atoms with Gasteiger partial charge in [0.1, 0.15) is 10.1 Å². The second-order valence-electron chi connectivity index (χ2n) is 4.31. The van der Waals surface area contributed by atoms with Gasteiger partial charge in [0, 0.05) is 24.7 Å². The topological polar surface area (TPSA) is 96.5 Å². The average Bonchev–Trinajstić information content (AvgIpc) is 2.68. The molecule has 0 saturated carbocycles. The van der Waals surface area contributed by atoms with Crippen LogP contribution in [0.2, 0.25) is 0 Å². The molecule has 1 saturated heterocycles. The van der Waals surface area contributed by atoms with E-state index in [4.69, 9.17) is 23.1 Å². The van der Waals surface area contributed by atoms with Crippen LogP contribution in [0.25, 0.3) is 6.08 Å². The molecular formula is C13H13N3O3S2. The number of carboxylic acid groups (broad SMARTS) is 1. The molecule has 6 nitrogen and oxygen atoms in total. The van der Waals surface area contributed by atoms with E-state index < -0.39 is 5.97 Å². The number of hydrogen-bond donors (Lipinski definition) is 2. The van der Waals surface area contributed by atoms with E-state index in [0.29, 0.717) is 33.6 Å². The molecule has 0 spiro atoms. The third-order valence-electron chi connectivity index (χ3n) is 2.80. The van der Waals surface area contributed by atoms with E-state index in [-0.39, 0.29) is 12.3 Å². The maximum atomic E-state index is 12.2. The number of nitrogen functional groups attached to an aromatic ring is 1. The Kier molecular flexibility index (Phi) is 4.92. The normalized spacial score (nSPS) is 16.8. The van der Waals surface area contributed by atoms with Crippen LogP contribution in [0, 0.1) is 0 Å². The van der Waals surface area contributed by atoms with E-state index in [2.05, 4.69) is 4.98 Å². The molecular weight excluding hydrogens is 310 g/mol. The van der Waals surface area contributed by atoms with Crippen LogP contribution in [-0.4, -0.2) is 37.7 Å². The SMILES string of the molecule is Nc1ncccc1C=C1SC(=S)N(CCCC(=O)O)C1=O. The average molecular weight is 323 g/mol. The maximum Gasteiger partial charge on any atom is 0.303 e. The number of pyridine rings is 1. The minimum Gasteiger partial charge on any atom is -0.481 e. The zero-order chi connectivity index (χ0) is 15.4. The summed E-state index contributed by atoms with van der Waals surface area (Å²) in [7, 11) is 0. The summed E-state index contributed by atoms with van der Waals surface area (Å²) in [5, 5.41) is 8.62. The van der Waals surface area contributed by atoms with Gasteiger partial charge in [0.25, 0.3) is 5.91 Å². The number of thiocarbonyl (C=S) groups is 1. The Morgan fingerprint density at radius 3 is 3.00 bits per heavy atom. The van der Waals surface area contributed by atoms with E-state index in [1.54, 1.807) is 24.4 Å². The van der Waals surface area contributed by atoms with Gasteiger partial charge in [0.15, 0.2) is 0 Å². The minimum atomic E-state index is -0.890. The lowest BCUT2D eigenvalue weighted by Gasteiger charge is -2.13. The summed E-state index contributed by atoms with van der Waals surface area (Å²) in [4.78, 5) is 28.6. The molecule has 1 fully saturated rings. The highest BCUT2D eigenvalue weighted by molar-refractivity contribution is 8.26. The number of rotatable bonds is 5. The Hall–Kier alpha value is -1.93. The molecule has 1 aliphatic rings. The minimum absolute atomic E-state index is 0.00562. The largest absolute Gasteiger partial charge is 0.481 e. The predicted molar refractivity (Wildman–Crippen MR) is 85.4 cm³/mol. The zero-order valence-electron chi connectivity index (χ0n) is 11.0. The number of nitrogens with zero attached hydrogens (tertiary/aromatic N) is 2. The van der Waals surface area contributed by atoms with Crippen LogP contribution in [0.1, 0.15) is 18.4 Å². The Morgan fingerprint density at radius 1 is 1.57 bits per heavy atom. The summed E-state index contributed by atoms with van der Waals surface area (Å²) in [6.45, 7) is 0.302. The van der Waals surface area contributed by atoms with Gasteiger partial charge in [-0.2, -0.15) is 0 Å². The van der Waals surface area contributed by atoms with Crippen molar-refractivity contribution in [3.8, 4) is 0 Å². The molecule has 1 aromatic rings. The number of carbonyl (C=O) groups excluding carboxylic acids is 1. The van der Waals surface area contributed by atoms with Gasteiger partial charge in [-0.05, 0) is 24.6 Å². The Morgan fingerprint density at radius 2 is 2.33 bits per heavy atom. The fourth-order valence-electron chi connectivity index (χ4n) is 1.77. The number of thioether (sulfide) groups is 1. The van der Waals surface area contributed by atoms with Crippen LogP contribution in [0.4, 0.5) is 5.82 Å². The molecule has 110 valence electrons. The molecule has 2 rings (SSSR count). The number of carbonyl (C=O) groups is 2. The van der Waals surface area contributed by atoms with Crippen molar-refractivity contribution in [3.05, 3.63) is 28.8 Å². The summed E-state index contributed by atoms with van der Waals surface area (Å²) in [6.07, 6.45) is 3.60. The third-order valence-corrected chi connectivity index (χ3v) is 4.18. The molecule has 1 aromatic heterocycles. The van der Waals surface area contributed by atoms with Crippen LogP contribution in [0.5, 0.6) is 0 Å². The summed E-state index contributed by atoms with van der Waals surface area (Å²) in [5.74, 6) is -0.772. The number of hydrogen-bond acceptors (Lipinski definition) is 6. The maximum absolute atomic E-state index is 12.2. The molecule has 0 atom stereocenters. The lowest BCUT2D eigenvalue weighted by molar-refractivity contribution is -0.137. The van der Waals surface area contributed by atoms with Crippen LogP contribution in [-0.2, 0) is 9.59 Å². The molecule has 21 heavy (non-hydrogen) atoms. The highest BCUT2D eigenvalue weighted by atomic mass is 32.2. The van der Waals surface area contributed by atoms with Gasteiger partial charge in [0.2, 0.25) is 0 Å². The van der Waals surface area contributed by atoms with E-state index in [9.17, 15) is 9.59 Å². The zero-order valence-corrected chi connectivity index (χ0v) is 12.6. The second-order valence-corrected chi connectivity index (χ2v) is 5.98. The second kappa shape index (κ2) is 6.68. The molecule has 3 N–H and O–H groups in total. The molecule has 0 unspecified atom stereocenters.